The van der Waals surface area contributed by atoms with E-state index in [2.05, 4.69) is 22.4 Å². The van der Waals surface area contributed by atoms with Crippen LogP contribution in [0.2, 0.25) is 10.0 Å². The molecule has 1 aromatic heterocycles. The Morgan fingerprint density at radius 3 is 2.86 bits per heavy atom. The van der Waals surface area contributed by atoms with Gasteiger partial charge in [-0.2, -0.15) is 5.10 Å². The van der Waals surface area contributed by atoms with Gasteiger partial charge in [-0.3, -0.25) is 0 Å². The molecule has 1 aromatic rings. The minimum Gasteiger partial charge on any atom is -0.365 e. The van der Waals surface area contributed by atoms with Crippen LogP contribution in [0.15, 0.2) is 6.20 Å². The lowest BCUT2D eigenvalue weighted by molar-refractivity contribution is 0.688. The van der Waals surface area contributed by atoms with Gasteiger partial charge in [-0.05, 0) is 25.7 Å². The molecule has 0 amide bonds. The van der Waals surface area contributed by atoms with Crippen molar-refractivity contribution in [2.75, 3.05) is 5.32 Å². The maximum atomic E-state index is 5.97. The average Bonchev–Trinajstić information content (AvgIpc) is 2.95. The van der Waals surface area contributed by atoms with Crippen molar-refractivity contribution in [1.82, 2.24) is 10.2 Å². The predicted molar refractivity (Wildman–Crippen MR) is 57.9 cm³/mol. The molecule has 1 saturated carbocycles. The smallest absolute Gasteiger partial charge is 0.169 e. The number of hydrogen-bond donors (Lipinski definition) is 1. The zero-order valence-corrected chi connectivity index (χ0v) is 9.31. The Kier molecular flexibility index (Phi) is 2.79. The zero-order valence-electron chi connectivity index (χ0n) is 7.80. The van der Waals surface area contributed by atoms with Crippen LogP contribution in [-0.4, -0.2) is 16.2 Å². The first-order chi connectivity index (χ1) is 6.68. The fourth-order valence-corrected chi connectivity index (χ4v) is 1.65. The number of hydrogen-bond acceptors (Lipinski definition) is 3. The molecular formula is C9H11Cl2N3. The number of aromatic nitrogens is 2. The van der Waals surface area contributed by atoms with Crippen molar-refractivity contribution in [3.05, 3.63) is 16.2 Å². The Hall–Kier alpha value is -0.540. The molecule has 14 heavy (non-hydrogen) atoms. The van der Waals surface area contributed by atoms with Crippen LogP contribution in [0.1, 0.15) is 19.8 Å². The van der Waals surface area contributed by atoms with E-state index in [4.69, 9.17) is 23.2 Å². The first kappa shape index (κ1) is 9.99. The van der Waals surface area contributed by atoms with Gasteiger partial charge < -0.3 is 5.32 Å². The van der Waals surface area contributed by atoms with Gasteiger partial charge in [0.05, 0.1) is 11.2 Å². The summed E-state index contributed by atoms with van der Waals surface area (Å²) in [6.07, 6.45) is 4.00. The summed E-state index contributed by atoms with van der Waals surface area (Å²) in [5.41, 5.74) is 0. The van der Waals surface area contributed by atoms with Crippen LogP contribution >= 0.6 is 23.2 Å². The molecular weight excluding hydrogens is 221 g/mol. The molecule has 0 saturated heterocycles. The molecule has 1 aliphatic carbocycles. The summed E-state index contributed by atoms with van der Waals surface area (Å²) in [6.45, 7) is 2.12. The number of rotatable bonds is 3. The molecule has 3 nitrogen and oxygen atoms in total. The minimum absolute atomic E-state index is 0.389. The highest BCUT2D eigenvalue weighted by Crippen LogP contribution is 2.35. The molecule has 0 radical (unpaired) electrons. The summed E-state index contributed by atoms with van der Waals surface area (Å²) >= 11 is 11.8. The van der Waals surface area contributed by atoms with Crippen molar-refractivity contribution < 1.29 is 0 Å². The van der Waals surface area contributed by atoms with Crippen molar-refractivity contribution in [3.63, 3.8) is 0 Å². The van der Waals surface area contributed by atoms with Crippen LogP contribution in [0, 0.1) is 5.92 Å². The van der Waals surface area contributed by atoms with E-state index in [-0.39, 0.29) is 0 Å². The molecule has 1 aliphatic rings. The molecule has 1 N–H and O–H groups in total. The molecule has 1 fully saturated rings. The lowest BCUT2D eigenvalue weighted by Gasteiger charge is -2.13. The van der Waals surface area contributed by atoms with Gasteiger partial charge in [0.1, 0.15) is 5.02 Å². The second-order valence-corrected chi connectivity index (χ2v) is 4.41. The SMILES string of the molecule is CC(Nc1nncc(Cl)c1Cl)C1CC1. The Morgan fingerprint density at radius 2 is 2.21 bits per heavy atom. The van der Waals surface area contributed by atoms with Gasteiger partial charge in [0.2, 0.25) is 0 Å². The van der Waals surface area contributed by atoms with Crippen LogP contribution in [-0.2, 0) is 0 Å². The summed E-state index contributed by atoms with van der Waals surface area (Å²) in [5.74, 6) is 1.32. The number of nitrogens with zero attached hydrogens (tertiary/aromatic N) is 2. The van der Waals surface area contributed by atoms with Crippen molar-refractivity contribution in [2.24, 2.45) is 5.92 Å². The van der Waals surface area contributed by atoms with Gasteiger partial charge in [-0.15, -0.1) is 5.10 Å². The Labute approximate surface area is 92.8 Å². The monoisotopic (exact) mass is 231 g/mol. The summed E-state index contributed by atoms with van der Waals surface area (Å²) in [6, 6.07) is 0.389. The molecule has 1 unspecified atom stereocenters. The summed E-state index contributed by atoms with van der Waals surface area (Å²) in [4.78, 5) is 0. The van der Waals surface area contributed by atoms with Gasteiger partial charge in [0.25, 0.3) is 0 Å². The fourth-order valence-electron chi connectivity index (χ4n) is 1.37. The molecule has 2 rings (SSSR count). The standard InChI is InChI=1S/C9H11Cl2N3/c1-5(6-2-3-6)13-9-8(11)7(10)4-12-14-9/h4-6H,2-3H2,1H3,(H,13,14). The molecule has 0 bridgehead atoms. The van der Waals surface area contributed by atoms with Crippen molar-refractivity contribution in [3.8, 4) is 0 Å². The molecule has 0 aromatic carbocycles. The van der Waals surface area contributed by atoms with Crippen LogP contribution < -0.4 is 5.32 Å². The number of halogens is 2. The van der Waals surface area contributed by atoms with Gasteiger partial charge >= 0.3 is 0 Å². The topological polar surface area (TPSA) is 37.8 Å². The second kappa shape index (κ2) is 3.91. The van der Waals surface area contributed by atoms with E-state index in [0.29, 0.717) is 21.9 Å². The Balaban J connectivity index is 2.11. The summed E-state index contributed by atoms with van der Waals surface area (Å²) < 4.78 is 0. The van der Waals surface area contributed by atoms with E-state index in [0.717, 1.165) is 5.92 Å². The van der Waals surface area contributed by atoms with Crippen LogP contribution in [0.4, 0.5) is 5.82 Å². The summed E-state index contributed by atoms with van der Waals surface area (Å²) in [5, 5.41) is 11.8. The minimum atomic E-state index is 0.389. The Morgan fingerprint density at radius 1 is 1.50 bits per heavy atom. The van der Waals surface area contributed by atoms with Gasteiger partial charge in [-0.25, -0.2) is 0 Å². The van der Waals surface area contributed by atoms with E-state index >= 15 is 0 Å². The Bertz CT molecular complexity index is 339. The van der Waals surface area contributed by atoms with E-state index in [1.165, 1.54) is 19.0 Å². The lowest BCUT2D eigenvalue weighted by atomic mass is 10.2. The zero-order chi connectivity index (χ0) is 10.1. The third-order valence-electron chi connectivity index (χ3n) is 2.44. The highest BCUT2D eigenvalue weighted by molar-refractivity contribution is 6.43. The van der Waals surface area contributed by atoms with Crippen LogP contribution in [0.3, 0.4) is 0 Å². The maximum Gasteiger partial charge on any atom is 0.169 e. The van der Waals surface area contributed by atoms with Gasteiger partial charge in [0, 0.05) is 6.04 Å². The highest BCUT2D eigenvalue weighted by atomic mass is 35.5. The molecule has 1 heterocycles. The predicted octanol–water partition coefficient (Wildman–Crippen LogP) is 2.99. The number of anilines is 1. The van der Waals surface area contributed by atoms with E-state index in [9.17, 15) is 0 Å². The van der Waals surface area contributed by atoms with E-state index < -0.39 is 0 Å². The van der Waals surface area contributed by atoms with Crippen molar-refractivity contribution >= 4 is 29.0 Å². The lowest BCUT2D eigenvalue weighted by Crippen LogP contribution is -2.18. The van der Waals surface area contributed by atoms with Crippen molar-refractivity contribution in [2.45, 2.75) is 25.8 Å². The third-order valence-corrected chi connectivity index (χ3v) is 3.21. The molecule has 76 valence electrons. The average molecular weight is 232 g/mol. The molecule has 5 heteroatoms. The molecule has 0 spiro atoms. The largest absolute Gasteiger partial charge is 0.365 e. The molecule has 0 aliphatic heterocycles. The first-order valence-electron chi connectivity index (χ1n) is 4.61. The van der Waals surface area contributed by atoms with Crippen LogP contribution in [0.25, 0.3) is 0 Å². The van der Waals surface area contributed by atoms with Crippen molar-refractivity contribution in [1.29, 1.82) is 0 Å². The number of nitrogens with one attached hydrogen (secondary N) is 1. The second-order valence-electron chi connectivity index (χ2n) is 3.63. The quantitative estimate of drug-likeness (QED) is 0.870. The van der Waals surface area contributed by atoms with Crippen LogP contribution in [0.5, 0.6) is 0 Å². The maximum absolute atomic E-state index is 5.97. The third kappa shape index (κ3) is 2.10. The summed E-state index contributed by atoms with van der Waals surface area (Å²) in [7, 11) is 0. The first-order valence-corrected chi connectivity index (χ1v) is 5.37. The van der Waals surface area contributed by atoms with Gasteiger partial charge in [-0.1, -0.05) is 23.2 Å². The fraction of sp³-hybridized carbons (Fsp3) is 0.556. The normalized spacial score (nSPS) is 17.9. The highest BCUT2D eigenvalue weighted by Gasteiger charge is 2.28. The van der Waals surface area contributed by atoms with Gasteiger partial charge in [0.15, 0.2) is 5.82 Å². The molecule has 1 atom stereocenters. The van der Waals surface area contributed by atoms with E-state index in [1.54, 1.807) is 0 Å². The van der Waals surface area contributed by atoms with E-state index in [1.807, 2.05) is 0 Å².